The van der Waals surface area contributed by atoms with E-state index < -0.39 is 0 Å². The van der Waals surface area contributed by atoms with Crippen LogP contribution in [0.3, 0.4) is 0 Å². The third-order valence-corrected chi connectivity index (χ3v) is 2.92. The first kappa shape index (κ1) is 9.68. The molecule has 1 unspecified atom stereocenters. The van der Waals surface area contributed by atoms with Crippen molar-refractivity contribution < 1.29 is 0 Å². The first-order valence-corrected chi connectivity index (χ1v) is 5.01. The zero-order valence-electron chi connectivity index (χ0n) is 7.96. The summed E-state index contributed by atoms with van der Waals surface area (Å²) >= 11 is 5.74. The van der Waals surface area contributed by atoms with Crippen LogP contribution in [0.4, 0.5) is 0 Å². The largest absolute Gasteiger partial charge is 0.298 e. The second-order valence-electron chi connectivity index (χ2n) is 3.61. The van der Waals surface area contributed by atoms with Crippen molar-refractivity contribution in [3.8, 4) is 0 Å². The van der Waals surface area contributed by atoms with Gasteiger partial charge in [0.2, 0.25) is 0 Å². The molecule has 0 saturated carbocycles. The summed E-state index contributed by atoms with van der Waals surface area (Å²) in [7, 11) is 2.05. The molecule has 1 saturated heterocycles. The highest BCUT2D eigenvalue weighted by atomic mass is 35.5. The van der Waals surface area contributed by atoms with Crippen LogP contribution >= 0.6 is 11.6 Å². The number of nitrogens with one attached hydrogen (secondary N) is 1. The average Bonchev–Trinajstić information content (AvgIpc) is 2.57. The van der Waals surface area contributed by atoms with E-state index in [0.717, 1.165) is 18.7 Å². The Balaban J connectivity index is 2.32. The van der Waals surface area contributed by atoms with Crippen LogP contribution < -0.4 is 5.56 Å². The number of aromatic amines is 1. The van der Waals surface area contributed by atoms with Crippen LogP contribution in [0.15, 0.2) is 10.9 Å². The SMILES string of the molecule is CN1CCCC1c1cc(Cl)c(=O)[nH]n1. The van der Waals surface area contributed by atoms with E-state index in [2.05, 4.69) is 22.1 Å². The highest BCUT2D eigenvalue weighted by Gasteiger charge is 2.24. The van der Waals surface area contributed by atoms with E-state index in [-0.39, 0.29) is 10.6 Å². The maximum absolute atomic E-state index is 11.0. The second kappa shape index (κ2) is 3.71. The van der Waals surface area contributed by atoms with Gasteiger partial charge in [-0.15, -0.1) is 0 Å². The Morgan fingerprint density at radius 1 is 1.71 bits per heavy atom. The molecule has 0 spiro atoms. The lowest BCUT2D eigenvalue weighted by molar-refractivity contribution is 0.310. The van der Waals surface area contributed by atoms with Crippen molar-refractivity contribution in [3.05, 3.63) is 27.1 Å². The van der Waals surface area contributed by atoms with Gasteiger partial charge in [0.15, 0.2) is 0 Å². The summed E-state index contributed by atoms with van der Waals surface area (Å²) < 4.78 is 0. The third-order valence-electron chi connectivity index (χ3n) is 2.64. The molecule has 14 heavy (non-hydrogen) atoms. The van der Waals surface area contributed by atoms with E-state index >= 15 is 0 Å². The van der Waals surface area contributed by atoms with Gasteiger partial charge in [-0.2, -0.15) is 5.10 Å². The number of hydrogen-bond acceptors (Lipinski definition) is 3. The maximum Gasteiger partial charge on any atom is 0.282 e. The summed E-state index contributed by atoms with van der Waals surface area (Å²) in [6.07, 6.45) is 2.24. The zero-order valence-corrected chi connectivity index (χ0v) is 8.71. The van der Waals surface area contributed by atoms with Crippen molar-refractivity contribution in [1.29, 1.82) is 0 Å². The van der Waals surface area contributed by atoms with Gasteiger partial charge in [-0.05, 0) is 32.5 Å². The predicted molar refractivity (Wildman–Crippen MR) is 54.5 cm³/mol. The molecule has 4 nitrogen and oxygen atoms in total. The lowest BCUT2D eigenvalue weighted by Crippen LogP contribution is -2.21. The molecule has 1 atom stereocenters. The smallest absolute Gasteiger partial charge is 0.282 e. The van der Waals surface area contributed by atoms with Crippen molar-refractivity contribution in [2.45, 2.75) is 18.9 Å². The number of likely N-dealkylation sites (tertiary alicyclic amines) is 1. The summed E-state index contributed by atoms with van der Waals surface area (Å²) in [5.41, 5.74) is 0.533. The minimum Gasteiger partial charge on any atom is -0.298 e. The van der Waals surface area contributed by atoms with E-state index in [0.29, 0.717) is 6.04 Å². The molecule has 0 radical (unpaired) electrons. The fraction of sp³-hybridized carbons (Fsp3) is 0.556. The number of H-pyrrole nitrogens is 1. The molecule has 5 heteroatoms. The standard InChI is InChI=1S/C9H12ClN3O/c1-13-4-2-3-8(13)7-5-6(10)9(14)12-11-7/h5,8H,2-4H2,1H3,(H,12,14). The van der Waals surface area contributed by atoms with Crippen LogP contribution in [0.5, 0.6) is 0 Å². The van der Waals surface area contributed by atoms with Crippen LogP contribution in [0.25, 0.3) is 0 Å². The Bertz CT molecular complexity index is 390. The lowest BCUT2D eigenvalue weighted by atomic mass is 10.1. The number of nitrogens with zero attached hydrogens (tertiary/aromatic N) is 2. The van der Waals surface area contributed by atoms with Crippen molar-refractivity contribution in [1.82, 2.24) is 15.1 Å². The summed E-state index contributed by atoms with van der Waals surface area (Å²) in [5.74, 6) is 0. The fourth-order valence-electron chi connectivity index (χ4n) is 1.85. The molecule has 1 fully saturated rings. The lowest BCUT2D eigenvalue weighted by Gasteiger charge is -2.17. The van der Waals surface area contributed by atoms with E-state index in [4.69, 9.17) is 11.6 Å². The minimum atomic E-state index is -0.323. The quantitative estimate of drug-likeness (QED) is 0.763. The van der Waals surface area contributed by atoms with E-state index in [1.54, 1.807) is 6.07 Å². The summed E-state index contributed by atoms with van der Waals surface area (Å²) in [5, 5.41) is 6.63. The van der Waals surface area contributed by atoms with Gasteiger partial charge in [0.25, 0.3) is 5.56 Å². The molecule has 1 aliphatic rings. The number of hydrogen-bond donors (Lipinski definition) is 1. The predicted octanol–water partition coefficient (Wildman–Crippen LogP) is 1.19. The van der Waals surface area contributed by atoms with Crippen LogP contribution in [0.1, 0.15) is 24.6 Å². The zero-order chi connectivity index (χ0) is 10.1. The summed E-state index contributed by atoms with van der Waals surface area (Å²) in [6.45, 7) is 1.07. The molecule has 0 bridgehead atoms. The van der Waals surface area contributed by atoms with Gasteiger partial charge < -0.3 is 0 Å². The van der Waals surface area contributed by atoms with Gasteiger partial charge in [0, 0.05) is 0 Å². The molecule has 1 N–H and O–H groups in total. The molecule has 2 heterocycles. The molecule has 1 aromatic rings. The van der Waals surface area contributed by atoms with Crippen LogP contribution in [0, 0.1) is 0 Å². The first-order valence-electron chi connectivity index (χ1n) is 4.64. The number of aromatic nitrogens is 2. The fourth-order valence-corrected chi connectivity index (χ4v) is 2.01. The Morgan fingerprint density at radius 3 is 3.07 bits per heavy atom. The molecule has 1 aliphatic heterocycles. The van der Waals surface area contributed by atoms with E-state index in [9.17, 15) is 4.79 Å². The molecule has 76 valence electrons. The maximum atomic E-state index is 11.0. The Kier molecular flexibility index (Phi) is 2.56. The average molecular weight is 214 g/mol. The van der Waals surface area contributed by atoms with Gasteiger partial charge in [-0.25, -0.2) is 5.10 Å². The van der Waals surface area contributed by atoms with Gasteiger partial charge in [0.1, 0.15) is 5.02 Å². The highest BCUT2D eigenvalue weighted by molar-refractivity contribution is 6.30. The molecular formula is C9H12ClN3O. The Morgan fingerprint density at radius 2 is 2.50 bits per heavy atom. The van der Waals surface area contributed by atoms with Gasteiger partial charge in [0.05, 0.1) is 11.7 Å². The van der Waals surface area contributed by atoms with E-state index in [1.165, 1.54) is 6.42 Å². The van der Waals surface area contributed by atoms with Gasteiger partial charge in [-0.1, -0.05) is 11.6 Å². The Labute approximate surface area is 86.9 Å². The second-order valence-corrected chi connectivity index (χ2v) is 4.02. The molecule has 0 aromatic carbocycles. The molecule has 2 rings (SSSR count). The molecule has 0 amide bonds. The highest BCUT2D eigenvalue weighted by Crippen LogP contribution is 2.28. The van der Waals surface area contributed by atoms with Gasteiger partial charge >= 0.3 is 0 Å². The van der Waals surface area contributed by atoms with Crippen LogP contribution in [-0.2, 0) is 0 Å². The van der Waals surface area contributed by atoms with Crippen molar-refractivity contribution >= 4 is 11.6 Å². The number of rotatable bonds is 1. The monoisotopic (exact) mass is 213 g/mol. The molecular weight excluding hydrogens is 202 g/mol. The van der Waals surface area contributed by atoms with Crippen molar-refractivity contribution in [2.75, 3.05) is 13.6 Å². The normalized spacial score (nSPS) is 22.9. The van der Waals surface area contributed by atoms with Crippen LogP contribution in [0.2, 0.25) is 5.02 Å². The summed E-state index contributed by atoms with van der Waals surface area (Å²) in [4.78, 5) is 13.2. The van der Waals surface area contributed by atoms with Crippen molar-refractivity contribution in [2.24, 2.45) is 0 Å². The van der Waals surface area contributed by atoms with E-state index in [1.807, 2.05) is 0 Å². The summed E-state index contributed by atoms with van der Waals surface area (Å²) in [6, 6.07) is 1.96. The first-order chi connectivity index (χ1) is 6.68. The Hall–Kier alpha value is -0.870. The minimum absolute atomic E-state index is 0.218. The third kappa shape index (κ3) is 1.67. The van der Waals surface area contributed by atoms with Gasteiger partial charge in [-0.3, -0.25) is 9.69 Å². The topological polar surface area (TPSA) is 49.0 Å². The molecule has 0 aliphatic carbocycles. The van der Waals surface area contributed by atoms with Crippen LogP contribution in [-0.4, -0.2) is 28.7 Å². The number of halogens is 1. The molecule has 1 aromatic heterocycles. The van der Waals surface area contributed by atoms with Crippen molar-refractivity contribution in [3.63, 3.8) is 0 Å².